The Hall–Kier alpha value is -2.51. The van der Waals surface area contributed by atoms with Crippen LogP contribution in [0.4, 0.5) is 0 Å². The molecule has 2 aromatic heterocycles. The van der Waals surface area contributed by atoms with Crippen molar-refractivity contribution in [3.05, 3.63) is 54.4 Å². The summed E-state index contributed by atoms with van der Waals surface area (Å²) >= 11 is 1.85. The third-order valence-electron chi connectivity index (χ3n) is 3.99. The topological polar surface area (TPSA) is 71.5 Å². The first-order valence-electron chi connectivity index (χ1n) is 8.16. The molecule has 3 rings (SSSR count). The fourth-order valence-corrected chi connectivity index (χ4v) is 3.45. The van der Waals surface area contributed by atoms with Crippen molar-refractivity contribution in [1.29, 1.82) is 0 Å². The molecular weight excluding hydrogens is 332 g/mol. The molecule has 6 nitrogen and oxygen atoms in total. The minimum Gasteiger partial charge on any atom is -0.322 e. The molecule has 7 heteroatoms. The molecule has 25 heavy (non-hydrogen) atoms. The van der Waals surface area contributed by atoms with E-state index in [0.717, 1.165) is 5.75 Å². The van der Waals surface area contributed by atoms with E-state index in [1.807, 2.05) is 11.8 Å². The van der Waals surface area contributed by atoms with Gasteiger partial charge < -0.3 is 11.3 Å². The highest BCUT2D eigenvalue weighted by molar-refractivity contribution is 7.99. The number of hydrazine groups is 1. The van der Waals surface area contributed by atoms with Crippen LogP contribution in [0.3, 0.4) is 0 Å². The number of nitrogens with one attached hydrogen (secondary N) is 2. The number of fused-ring (bicyclic) bond motifs is 1. The number of nitrogens with two attached hydrogens (primary N) is 1. The molecule has 0 radical (unpaired) electrons. The van der Waals surface area contributed by atoms with Crippen LogP contribution in [-0.2, 0) is 13.6 Å². The van der Waals surface area contributed by atoms with Crippen molar-refractivity contribution in [2.75, 3.05) is 5.75 Å². The minimum absolute atomic E-state index is 0.688. The van der Waals surface area contributed by atoms with Gasteiger partial charge in [-0.1, -0.05) is 31.2 Å². The summed E-state index contributed by atoms with van der Waals surface area (Å²) in [5.41, 5.74) is 10.5. The average molecular weight is 355 g/mol. The Balaban J connectivity index is 1.82. The summed E-state index contributed by atoms with van der Waals surface area (Å²) in [4.78, 5) is 1.28. The van der Waals surface area contributed by atoms with Crippen LogP contribution in [0, 0.1) is 0 Å². The highest BCUT2D eigenvalue weighted by atomic mass is 32.2. The van der Waals surface area contributed by atoms with Crippen molar-refractivity contribution >= 4 is 23.7 Å². The Kier molecular flexibility index (Phi) is 5.57. The van der Waals surface area contributed by atoms with Gasteiger partial charge in [0.25, 0.3) is 5.65 Å². The molecule has 0 unspecified atom stereocenters. The van der Waals surface area contributed by atoms with Gasteiger partial charge in [-0.3, -0.25) is 0 Å². The molecular formula is C18H23N6S+. The van der Waals surface area contributed by atoms with Crippen LogP contribution in [0.1, 0.15) is 12.5 Å². The predicted molar refractivity (Wildman–Crippen MR) is 103 cm³/mol. The van der Waals surface area contributed by atoms with E-state index in [1.54, 1.807) is 0 Å². The number of benzene rings is 1. The largest absolute Gasteiger partial charge is 0.322 e. The third-order valence-corrected chi connectivity index (χ3v) is 4.85. The molecule has 4 N–H and O–H groups in total. The van der Waals surface area contributed by atoms with Gasteiger partial charge in [-0.05, 0) is 17.4 Å². The molecule has 0 bridgehead atoms. The predicted octanol–water partition coefficient (Wildman–Crippen LogP) is 2.04. The average Bonchev–Trinajstić information content (AvgIpc) is 2.96. The summed E-state index contributed by atoms with van der Waals surface area (Å²) in [6, 6.07) is 12.9. The number of nitrogens with zero attached hydrogens (tertiary/aromatic N) is 3. The van der Waals surface area contributed by atoms with Gasteiger partial charge in [-0.15, -0.1) is 11.8 Å². The Morgan fingerprint density at radius 2 is 2.00 bits per heavy atom. The molecule has 1 aromatic carbocycles. The number of hydrazone groups is 1. The lowest BCUT2D eigenvalue weighted by molar-refractivity contribution is -0.512. The van der Waals surface area contributed by atoms with Crippen molar-refractivity contribution in [2.24, 2.45) is 18.0 Å². The Labute approximate surface area is 151 Å². The number of aromatic nitrogens is 2. The molecule has 130 valence electrons. The van der Waals surface area contributed by atoms with Crippen molar-refractivity contribution in [2.45, 2.75) is 18.4 Å². The highest BCUT2D eigenvalue weighted by Crippen LogP contribution is 2.22. The van der Waals surface area contributed by atoms with Crippen molar-refractivity contribution in [3.63, 3.8) is 0 Å². The van der Waals surface area contributed by atoms with E-state index in [4.69, 9.17) is 5.84 Å². The fourth-order valence-electron chi connectivity index (χ4n) is 2.77. The zero-order valence-electron chi connectivity index (χ0n) is 14.4. The van der Waals surface area contributed by atoms with Crippen LogP contribution in [0.5, 0.6) is 0 Å². The zero-order valence-corrected chi connectivity index (χ0v) is 15.3. The molecule has 0 amide bonds. The number of aryl methyl sites for hydroxylation is 1. The van der Waals surface area contributed by atoms with Crippen LogP contribution < -0.4 is 21.1 Å². The molecule has 2 heterocycles. The fraction of sp³-hybridized carbons (Fsp3) is 0.222. The van der Waals surface area contributed by atoms with E-state index in [9.17, 15) is 0 Å². The number of pyridine rings is 1. The Morgan fingerprint density at radius 1 is 1.20 bits per heavy atom. The quantitative estimate of drug-likeness (QED) is 0.115. The molecule has 0 spiro atoms. The third kappa shape index (κ3) is 3.94. The normalized spacial score (nSPS) is 11.4. The van der Waals surface area contributed by atoms with E-state index >= 15 is 0 Å². The SMILES string of the molecule is CCSc1ccc2n(C)c(-c3ccc(CNNC=NN)cc3)c[n+]2c1. The van der Waals surface area contributed by atoms with Crippen molar-refractivity contribution in [3.8, 4) is 11.3 Å². The number of rotatable bonds is 7. The van der Waals surface area contributed by atoms with Gasteiger partial charge in [0.15, 0.2) is 5.69 Å². The van der Waals surface area contributed by atoms with Crippen molar-refractivity contribution < 1.29 is 4.40 Å². The van der Waals surface area contributed by atoms with E-state index in [2.05, 4.69) is 87.7 Å². The van der Waals surface area contributed by atoms with Gasteiger partial charge in [-0.25, -0.2) is 14.4 Å². The molecule has 0 saturated heterocycles. The minimum atomic E-state index is 0.688. The van der Waals surface area contributed by atoms with E-state index in [1.165, 1.54) is 33.7 Å². The standard InChI is InChI=1S/C18H23N6S/c1-3-25-16-8-9-18-23(2)17(12-24(18)11-16)15-6-4-14(5-7-15)10-21-22-13-20-19/h4-9,11-13,21H,3,10,19H2,1-2H3,(H,20,22)/q+1. The maximum absolute atomic E-state index is 5.03. The number of hydrogen-bond donors (Lipinski definition) is 3. The zero-order chi connectivity index (χ0) is 17.6. The van der Waals surface area contributed by atoms with Gasteiger partial charge in [0.1, 0.15) is 18.7 Å². The Bertz CT molecular complexity index is 869. The molecule has 0 aliphatic heterocycles. The Morgan fingerprint density at radius 3 is 2.72 bits per heavy atom. The lowest BCUT2D eigenvalue weighted by atomic mass is 10.1. The van der Waals surface area contributed by atoms with Crippen LogP contribution >= 0.6 is 11.8 Å². The lowest BCUT2D eigenvalue weighted by Gasteiger charge is -2.04. The highest BCUT2D eigenvalue weighted by Gasteiger charge is 2.16. The summed E-state index contributed by atoms with van der Waals surface area (Å²) in [6.07, 6.45) is 5.78. The number of thioether (sulfide) groups is 1. The number of imidazole rings is 1. The second-order valence-electron chi connectivity index (χ2n) is 5.61. The van der Waals surface area contributed by atoms with E-state index in [0.29, 0.717) is 6.54 Å². The van der Waals surface area contributed by atoms with Gasteiger partial charge in [-0.2, -0.15) is 5.10 Å². The molecule has 0 saturated carbocycles. The smallest absolute Gasteiger partial charge is 0.286 e. The second-order valence-corrected chi connectivity index (χ2v) is 6.95. The maximum Gasteiger partial charge on any atom is 0.286 e. The van der Waals surface area contributed by atoms with E-state index in [-0.39, 0.29) is 0 Å². The van der Waals surface area contributed by atoms with Gasteiger partial charge in [0.2, 0.25) is 0 Å². The lowest BCUT2D eigenvalue weighted by Crippen LogP contribution is -2.30. The van der Waals surface area contributed by atoms with Crippen LogP contribution in [0.25, 0.3) is 16.9 Å². The first kappa shape index (κ1) is 17.3. The van der Waals surface area contributed by atoms with Crippen molar-refractivity contribution in [1.82, 2.24) is 15.4 Å². The molecule has 0 fully saturated rings. The van der Waals surface area contributed by atoms with Gasteiger partial charge in [0.05, 0.1) is 7.05 Å². The molecule has 0 aliphatic carbocycles. The monoisotopic (exact) mass is 355 g/mol. The second kappa shape index (κ2) is 8.04. The summed E-state index contributed by atoms with van der Waals surface area (Å²) in [6.45, 7) is 2.86. The summed E-state index contributed by atoms with van der Waals surface area (Å²) in [5, 5.41) is 3.36. The van der Waals surface area contributed by atoms with Crippen LogP contribution in [0.2, 0.25) is 0 Å². The maximum atomic E-state index is 5.03. The summed E-state index contributed by atoms with van der Waals surface area (Å²) in [7, 11) is 2.10. The first-order chi connectivity index (χ1) is 12.2. The molecule has 0 aliphatic rings. The number of hydrogen-bond acceptors (Lipinski definition) is 4. The molecule has 0 atom stereocenters. The van der Waals surface area contributed by atoms with Gasteiger partial charge in [0, 0.05) is 23.1 Å². The molecule has 3 aromatic rings. The van der Waals surface area contributed by atoms with E-state index < -0.39 is 0 Å². The van der Waals surface area contributed by atoms with Crippen LogP contribution in [-0.4, -0.2) is 16.7 Å². The first-order valence-corrected chi connectivity index (χ1v) is 9.14. The summed E-state index contributed by atoms with van der Waals surface area (Å²) in [5.74, 6) is 6.10. The van der Waals surface area contributed by atoms with Crippen LogP contribution in [0.15, 0.2) is 58.8 Å². The van der Waals surface area contributed by atoms with Gasteiger partial charge >= 0.3 is 0 Å². The summed E-state index contributed by atoms with van der Waals surface area (Å²) < 4.78 is 4.41.